The molecule has 1 unspecified atom stereocenters. The molecule has 3 heteroatoms. The maximum Gasteiger partial charge on any atom is 0.0666 e. The van der Waals surface area contributed by atoms with Crippen LogP contribution in [0.25, 0.3) is 0 Å². The first kappa shape index (κ1) is 11.3. The Bertz CT molecular complexity index is 284. The molecule has 0 aliphatic heterocycles. The van der Waals surface area contributed by atoms with Gasteiger partial charge in [0.25, 0.3) is 0 Å². The summed E-state index contributed by atoms with van der Waals surface area (Å²) in [5.41, 5.74) is 0. The van der Waals surface area contributed by atoms with Gasteiger partial charge in [0, 0.05) is 0 Å². The average Bonchev–Trinajstić information content (AvgIpc) is 2.07. The van der Waals surface area contributed by atoms with Crippen LogP contribution in [0.2, 0.25) is 10.0 Å². The lowest BCUT2D eigenvalue weighted by atomic mass is 10.3. The van der Waals surface area contributed by atoms with E-state index >= 15 is 0 Å². The van der Waals surface area contributed by atoms with Crippen molar-refractivity contribution in [3.8, 4) is 0 Å². The third-order valence-corrected chi connectivity index (χ3v) is 4.45. The van der Waals surface area contributed by atoms with E-state index in [4.69, 9.17) is 23.2 Å². The summed E-state index contributed by atoms with van der Waals surface area (Å²) < 4.78 is 0. The largest absolute Gasteiger partial charge is 0.0885 e. The van der Waals surface area contributed by atoms with E-state index in [1.54, 1.807) is 0 Å². The molecule has 0 radical (unpaired) electrons. The molecule has 0 saturated heterocycles. The summed E-state index contributed by atoms with van der Waals surface area (Å²) in [7, 11) is 0.764. The molecular formula is C10H13Cl2P. The summed E-state index contributed by atoms with van der Waals surface area (Å²) in [5.74, 6) is 0.716. The third-order valence-electron chi connectivity index (χ3n) is 1.65. The van der Waals surface area contributed by atoms with Crippen molar-refractivity contribution in [1.29, 1.82) is 0 Å². The zero-order chi connectivity index (χ0) is 9.84. The second-order valence-corrected chi connectivity index (χ2v) is 5.46. The van der Waals surface area contributed by atoms with E-state index in [2.05, 4.69) is 19.9 Å². The van der Waals surface area contributed by atoms with Gasteiger partial charge in [-0.25, -0.2) is 0 Å². The van der Waals surface area contributed by atoms with Crippen LogP contribution < -0.4 is 5.30 Å². The second kappa shape index (κ2) is 5.20. The summed E-state index contributed by atoms with van der Waals surface area (Å²) in [6.07, 6.45) is 1.18. The summed E-state index contributed by atoms with van der Waals surface area (Å²) in [4.78, 5) is 0. The van der Waals surface area contributed by atoms with E-state index < -0.39 is 0 Å². The Morgan fingerprint density at radius 1 is 1.31 bits per heavy atom. The highest BCUT2D eigenvalue weighted by atomic mass is 35.5. The molecule has 0 fully saturated rings. The minimum absolute atomic E-state index is 0.662. The molecule has 1 rings (SSSR count). The van der Waals surface area contributed by atoms with Gasteiger partial charge in [0.05, 0.1) is 10.0 Å². The summed E-state index contributed by atoms with van der Waals surface area (Å²) in [6, 6.07) is 5.83. The smallest absolute Gasteiger partial charge is 0.0666 e. The van der Waals surface area contributed by atoms with Crippen LogP contribution in [0.1, 0.15) is 13.8 Å². The van der Waals surface area contributed by atoms with Gasteiger partial charge in [-0.3, -0.25) is 0 Å². The normalized spacial score (nSPS) is 11.8. The molecule has 1 atom stereocenters. The van der Waals surface area contributed by atoms with E-state index in [0.29, 0.717) is 10.9 Å². The number of hydrogen-bond donors (Lipinski definition) is 0. The molecule has 0 aliphatic carbocycles. The van der Waals surface area contributed by atoms with E-state index in [9.17, 15) is 0 Å². The number of benzene rings is 1. The predicted octanol–water partition coefficient (Wildman–Crippen LogP) is 3.95. The lowest BCUT2D eigenvalue weighted by Crippen LogP contribution is -2.00. The summed E-state index contributed by atoms with van der Waals surface area (Å²) >= 11 is 12.0. The van der Waals surface area contributed by atoms with Gasteiger partial charge in [-0.15, -0.1) is 0 Å². The average molecular weight is 235 g/mol. The minimum Gasteiger partial charge on any atom is -0.0885 e. The first-order chi connectivity index (χ1) is 6.11. The Kier molecular flexibility index (Phi) is 4.52. The Morgan fingerprint density at radius 3 is 2.62 bits per heavy atom. The van der Waals surface area contributed by atoms with Crippen molar-refractivity contribution in [3.05, 3.63) is 28.2 Å². The fraction of sp³-hybridized carbons (Fsp3) is 0.400. The zero-order valence-electron chi connectivity index (χ0n) is 7.77. The van der Waals surface area contributed by atoms with Gasteiger partial charge >= 0.3 is 0 Å². The van der Waals surface area contributed by atoms with Crippen molar-refractivity contribution in [2.75, 3.05) is 6.16 Å². The van der Waals surface area contributed by atoms with E-state index in [-0.39, 0.29) is 0 Å². The molecular weight excluding hydrogens is 222 g/mol. The Hall–Kier alpha value is 0.230. The second-order valence-electron chi connectivity index (χ2n) is 3.38. The molecule has 0 bridgehead atoms. The van der Waals surface area contributed by atoms with Crippen LogP contribution in [0, 0.1) is 5.92 Å². The van der Waals surface area contributed by atoms with Crippen LogP contribution in [0.15, 0.2) is 18.2 Å². The molecule has 0 heterocycles. The van der Waals surface area contributed by atoms with Gasteiger partial charge in [-0.1, -0.05) is 57.8 Å². The van der Waals surface area contributed by atoms with Crippen molar-refractivity contribution in [2.45, 2.75) is 13.8 Å². The first-order valence-electron chi connectivity index (χ1n) is 4.29. The van der Waals surface area contributed by atoms with Crippen LogP contribution in [0.5, 0.6) is 0 Å². The Morgan fingerprint density at radius 2 is 2.00 bits per heavy atom. The maximum atomic E-state index is 6.05. The van der Waals surface area contributed by atoms with Crippen molar-refractivity contribution in [3.63, 3.8) is 0 Å². The van der Waals surface area contributed by atoms with Crippen molar-refractivity contribution < 1.29 is 0 Å². The fourth-order valence-electron chi connectivity index (χ4n) is 0.954. The Labute approximate surface area is 91.4 Å². The SMILES string of the molecule is CC(C)CPc1cccc(Cl)c1Cl. The molecule has 0 aliphatic rings. The topological polar surface area (TPSA) is 0 Å². The van der Waals surface area contributed by atoms with Crippen LogP contribution >= 0.6 is 31.8 Å². The van der Waals surface area contributed by atoms with Gasteiger partial charge in [0.2, 0.25) is 0 Å². The van der Waals surface area contributed by atoms with Gasteiger partial charge in [0.15, 0.2) is 0 Å². The lowest BCUT2D eigenvalue weighted by Gasteiger charge is -2.07. The summed E-state index contributed by atoms with van der Waals surface area (Å²) in [5, 5.41) is 2.57. The van der Waals surface area contributed by atoms with Crippen LogP contribution in [0.4, 0.5) is 0 Å². The minimum atomic E-state index is 0.662. The van der Waals surface area contributed by atoms with Crippen LogP contribution in [-0.2, 0) is 0 Å². The Balaban J connectivity index is 2.71. The standard InChI is InChI=1S/C10H13Cl2P/c1-7(2)6-13-9-5-3-4-8(11)10(9)12/h3-5,7,13H,6H2,1-2H3. The van der Waals surface area contributed by atoms with Gasteiger partial charge in [-0.05, 0) is 23.5 Å². The highest BCUT2D eigenvalue weighted by molar-refractivity contribution is 7.47. The van der Waals surface area contributed by atoms with E-state index in [1.807, 2.05) is 12.1 Å². The van der Waals surface area contributed by atoms with E-state index in [1.165, 1.54) is 11.5 Å². The molecule has 72 valence electrons. The molecule has 0 spiro atoms. The monoisotopic (exact) mass is 234 g/mol. The highest BCUT2D eigenvalue weighted by Gasteiger charge is 2.04. The van der Waals surface area contributed by atoms with Crippen LogP contribution in [0.3, 0.4) is 0 Å². The van der Waals surface area contributed by atoms with Crippen molar-refractivity contribution >= 4 is 37.1 Å². The number of rotatable bonds is 3. The lowest BCUT2D eigenvalue weighted by molar-refractivity contribution is 0.749. The maximum absolute atomic E-state index is 6.05. The predicted molar refractivity (Wildman–Crippen MR) is 64.1 cm³/mol. The van der Waals surface area contributed by atoms with E-state index in [0.717, 1.165) is 13.6 Å². The van der Waals surface area contributed by atoms with Gasteiger partial charge < -0.3 is 0 Å². The third kappa shape index (κ3) is 3.46. The fourth-order valence-corrected chi connectivity index (χ4v) is 2.67. The molecule has 13 heavy (non-hydrogen) atoms. The molecule has 1 aromatic carbocycles. The molecule has 1 aromatic rings. The molecule has 0 N–H and O–H groups in total. The van der Waals surface area contributed by atoms with Gasteiger partial charge in [0.1, 0.15) is 0 Å². The molecule has 0 amide bonds. The summed E-state index contributed by atoms with van der Waals surface area (Å²) in [6.45, 7) is 4.43. The van der Waals surface area contributed by atoms with Crippen LogP contribution in [-0.4, -0.2) is 6.16 Å². The quantitative estimate of drug-likeness (QED) is 0.695. The number of halogens is 2. The van der Waals surface area contributed by atoms with Gasteiger partial charge in [-0.2, -0.15) is 0 Å². The molecule has 0 saturated carbocycles. The highest BCUT2D eigenvalue weighted by Crippen LogP contribution is 2.26. The van der Waals surface area contributed by atoms with Crippen molar-refractivity contribution in [1.82, 2.24) is 0 Å². The zero-order valence-corrected chi connectivity index (χ0v) is 10.3. The number of hydrogen-bond acceptors (Lipinski definition) is 0. The first-order valence-corrected chi connectivity index (χ1v) is 6.25. The van der Waals surface area contributed by atoms with Crippen molar-refractivity contribution in [2.24, 2.45) is 5.92 Å². The molecule has 0 aromatic heterocycles. The molecule has 0 nitrogen and oxygen atoms in total.